The largest absolute Gasteiger partial charge is 0.456 e. The quantitative estimate of drug-likeness (QED) is 0.161. The van der Waals surface area contributed by atoms with Gasteiger partial charge in [-0.3, -0.25) is 0 Å². The van der Waals surface area contributed by atoms with Crippen LogP contribution in [-0.4, -0.2) is 11.3 Å². The first-order chi connectivity index (χ1) is 31.5. The van der Waals surface area contributed by atoms with Crippen molar-refractivity contribution in [3.63, 3.8) is 0 Å². The maximum Gasteiger partial charge on any atom is 0.264 e. The second-order valence-electron chi connectivity index (χ2n) is 23.6. The fraction of sp³-hybridized carbons (Fsp3) is 0.311. The average molecular weight is 877 g/mol. The van der Waals surface area contributed by atoms with Crippen LogP contribution < -0.4 is 20.6 Å². The number of hydrogen-bond acceptors (Lipinski definition) is 3. The summed E-state index contributed by atoms with van der Waals surface area (Å²) < 4.78 is 12.3. The number of furan rings is 1. The number of rotatable bonds is 2. The third kappa shape index (κ3) is 5.05. The van der Waals surface area contributed by atoms with E-state index in [0.29, 0.717) is 5.92 Å². The van der Waals surface area contributed by atoms with Gasteiger partial charge in [-0.05, 0) is 180 Å². The van der Waals surface area contributed by atoms with Crippen LogP contribution in [0.5, 0.6) is 0 Å². The van der Waals surface area contributed by atoms with Crippen LogP contribution in [0.2, 0.25) is 0 Å². The lowest BCUT2D eigenvalue weighted by Gasteiger charge is -2.44. The Kier molecular flexibility index (Phi) is 7.52. The molecule has 3 aromatic heterocycles. The molecule has 0 saturated carbocycles. The number of benzene rings is 7. The van der Waals surface area contributed by atoms with Gasteiger partial charge >= 0.3 is 0 Å². The molecular formula is C61H57BN2OS. The number of anilines is 3. The molecule has 5 heterocycles. The standard InChI is InChI=1S/C61H57BN2OS/c1-33(2)34-17-20-46-48(25-34)64-47-15-12-16-51-54(47)40-30-39-35(28-52(40)65-51)13-11-14-38(39)36-26-49-55(50(64)27-36)62(46)57-56(41-31-44-45(32-53(41)66-57)61(9,10)24-23-60(44,7)8)63(49)37-18-19-42-43(29-37)59(5,6)22-21-58(42,3)4/h11-20,25-33H,21-24H2,1-10H3. The Morgan fingerprint density at radius 3 is 2.03 bits per heavy atom. The lowest BCUT2D eigenvalue weighted by molar-refractivity contribution is 0.332. The molecule has 4 bridgehead atoms. The van der Waals surface area contributed by atoms with E-state index in [2.05, 4.69) is 199 Å². The van der Waals surface area contributed by atoms with E-state index in [1.54, 1.807) is 0 Å². The number of nitrogens with zero attached hydrogens (tertiary/aromatic N) is 2. The summed E-state index contributed by atoms with van der Waals surface area (Å²) in [5, 5.41) is 8.70. The van der Waals surface area contributed by atoms with Gasteiger partial charge in [0, 0.05) is 42.8 Å². The van der Waals surface area contributed by atoms with Crippen molar-refractivity contribution in [2.45, 2.75) is 122 Å². The molecule has 2 aliphatic carbocycles. The fourth-order valence-electron chi connectivity index (χ4n) is 13.3. The van der Waals surface area contributed by atoms with Gasteiger partial charge < -0.3 is 13.9 Å². The predicted molar refractivity (Wildman–Crippen MR) is 285 cm³/mol. The highest BCUT2D eigenvalue weighted by Gasteiger charge is 2.46. The van der Waals surface area contributed by atoms with Crippen LogP contribution in [0, 0.1) is 0 Å². The summed E-state index contributed by atoms with van der Waals surface area (Å²) in [5.41, 5.74) is 20.0. The highest BCUT2D eigenvalue weighted by atomic mass is 32.1. The van der Waals surface area contributed by atoms with E-state index in [1.807, 2.05) is 0 Å². The molecule has 0 spiro atoms. The van der Waals surface area contributed by atoms with Crippen molar-refractivity contribution >= 4 is 115 Å². The molecule has 3 nitrogen and oxygen atoms in total. The van der Waals surface area contributed by atoms with E-state index in [9.17, 15) is 0 Å². The molecule has 0 fully saturated rings. The summed E-state index contributed by atoms with van der Waals surface area (Å²) in [6.45, 7) is 24.5. The van der Waals surface area contributed by atoms with Crippen LogP contribution in [-0.2, 0) is 21.7 Å². The molecule has 0 unspecified atom stereocenters. The smallest absolute Gasteiger partial charge is 0.264 e. The molecule has 0 amide bonds. The summed E-state index contributed by atoms with van der Waals surface area (Å²) in [7, 11) is 0. The fourth-order valence-corrected chi connectivity index (χ4v) is 14.7. The molecule has 5 heteroatoms. The lowest BCUT2D eigenvalue weighted by atomic mass is 9.36. The Morgan fingerprint density at radius 2 is 1.27 bits per heavy atom. The first kappa shape index (κ1) is 39.4. The second kappa shape index (κ2) is 12.6. The number of fused-ring (bicyclic) bond motifs is 12. The zero-order chi connectivity index (χ0) is 45.1. The van der Waals surface area contributed by atoms with Gasteiger partial charge in [0.2, 0.25) is 0 Å². The topological polar surface area (TPSA) is 21.3 Å². The van der Waals surface area contributed by atoms with Gasteiger partial charge in [-0.25, -0.2) is 0 Å². The van der Waals surface area contributed by atoms with Crippen molar-refractivity contribution in [2.24, 2.45) is 0 Å². The average Bonchev–Trinajstić information content (AvgIpc) is 3.85. The SMILES string of the molecule is CC(C)c1ccc2c(c1)-n1c3cc(cc4c3B2c2sc3cc5c(cc3c2N4c2ccc3c(c2)C(C)(C)CCC3(C)C)C(C)(C)CCC5(C)C)c2cccc3cc4oc5cccc1c5c4cc32. The van der Waals surface area contributed by atoms with Crippen molar-refractivity contribution in [2.75, 3.05) is 4.90 Å². The van der Waals surface area contributed by atoms with Crippen molar-refractivity contribution in [3.05, 3.63) is 137 Å². The predicted octanol–water partition coefficient (Wildman–Crippen LogP) is 15.5. The normalized spacial score (nSPS) is 18.5. The van der Waals surface area contributed by atoms with Gasteiger partial charge in [-0.15, -0.1) is 11.3 Å². The number of aromatic nitrogens is 1. The molecule has 0 saturated heterocycles. The van der Waals surface area contributed by atoms with Gasteiger partial charge in [0.25, 0.3) is 6.71 Å². The van der Waals surface area contributed by atoms with Crippen LogP contribution in [0.3, 0.4) is 0 Å². The van der Waals surface area contributed by atoms with E-state index in [4.69, 9.17) is 4.42 Å². The summed E-state index contributed by atoms with van der Waals surface area (Å²) in [5.74, 6) is 0.378. The van der Waals surface area contributed by atoms with E-state index in [0.717, 1.165) is 11.2 Å². The van der Waals surface area contributed by atoms with Crippen LogP contribution in [0.15, 0.2) is 114 Å². The minimum Gasteiger partial charge on any atom is -0.456 e. The van der Waals surface area contributed by atoms with Crippen molar-refractivity contribution in [3.8, 4) is 5.69 Å². The minimum absolute atomic E-state index is 0.0475. The summed E-state index contributed by atoms with van der Waals surface area (Å²) in [4.78, 5) is 2.74. The van der Waals surface area contributed by atoms with Crippen LogP contribution in [0.4, 0.5) is 17.1 Å². The monoisotopic (exact) mass is 876 g/mol. The van der Waals surface area contributed by atoms with Gasteiger partial charge in [-0.2, -0.15) is 0 Å². The van der Waals surface area contributed by atoms with Crippen LogP contribution in [0.1, 0.15) is 129 Å². The molecule has 66 heavy (non-hydrogen) atoms. The first-order valence-electron chi connectivity index (χ1n) is 24.6. The van der Waals surface area contributed by atoms with E-state index < -0.39 is 0 Å². The molecule has 0 radical (unpaired) electrons. The number of hydrogen-bond donors (Lipinski definition) is 0. The summed E-state index contributed by atoms with van der Waals surface area (Å²) in [6, 6.07) is 43.6. The Morgan fingerprint density at radius 1 is 0.561 bits per heavy atom. The first-order valence-corrected chi connectivity index (χ1v) is 25.4. The van der Waals surface area contributed by atoms with Crippen molar-refractivity contribution in [1.29, 1.82) is 0 Å². The van der Waals surface area contributed by atoms with Gasteiger partial charge in [0.1, 0.15) is 11.2 Å². The Labute approximate surface area is 392 Å². The van der Waals surface area contributed by atoms with E-state index in [-0.39, 0.29) is 28.4 Å². The Hall–Kier alpha value is -5.78. The molecular weight excluding hydrogens is 820 g/mol. The summed E-state index contributed by atoms with van der Waals surface area (Å²) in [6.07, 6.45) is 4.75. The van der Waals surface area contributed by atoms with Gasteiger partial charge in [-0.1, -0.05) is 112 Å². The molecule has 326 valence electrons. The third-order valence-corrected chi connectivity index (χ3v) is 18.7. The third-order valence-electron chi connectivity index (χ3n) is 17.4. The van der Waals surface area contributed by atoms with E-state index in [1.165, 1.54) is 145 Å². The van der Waals surface area contributed by atoms with E-state index >= 15 is 0 Å². The van der Waals surface area contributed by atoms with Crippen LogP contribution in [0.25, 0.3) is 70.3 Å². The van der Waals surface area contributed by atoms with Crippen molar-refractivity contribution < 1.29 is 4.42 Å². The maximum absolute atomic E-state index is 6.81. The lowest BCUT2D eigenvalue weighted by Crippen LogP contribution is -2.59. The molecule has 4 aliphatic rings. The molecule has 7 aromatic carbocycles. The Bertz CT molecular complexity index is 3830. The van der Waals surface area contributed by atoms with Gasteiger partial charge in [0.05, 0.1) is 16.6 Å². The number of thiophene rings is 1. The minimum atomic E-state index is 0.0475. The molecule has 0 N–H and O–H groups in total. The maximum atomic E-state index is 6.81. The zero-order valence-corrected chi connectivity index (χ0v) is 40.9. The zero-order valence-electron chi connectivity index (χ0n) is 40.1. The van der Waals surface area contributed by atoms with Crippen molar-refractivity contribution in [1.82, 2.24) is 4.57 Å². The summed E-state index contributed by atoms with van der Waals surface area (Å²) >= 11 is 2.05. The highest BCUT2D eigenvalue weighted by Crippen LogP contribution is 2.54. The molecule has 14 rings (SSSR count). The second-order valence-corrected chi connectivity index (χ2v) is 24.7. The molecule has 2 aliphatic heterocycles. The van der Waals surface area contributed by atoms with Gasteiger partial charge in [0.15, 0.2) is 0 Å². The molecule has 10 aromatic rings. The highest BCUT2D eigenvalue weighted by molar-refractivity contribution is 7.33. The van der Waals surface area contributed by atoms with Crippen LogP contribution >= 0.6 is 11.3 Å². The Balaban J connectivity index is 1.22. The molecule has 0 atom stereocenters.